The number of hydrogen-bond acceptors (Lipinski definition) is 6. The van der Waals surface area contributed by atoms with Crippen molar-refractivity contribution in [2.24, 2.45) is 13.0 Å². The molecule has 0 spiro atoms. The standard InChI is InChI=1S/C14H22N6O/c1-3-13-17-18-14(21-13)7-10-4-5-11(6-10)15-8-12-9-16-19-20(12)2/h9-11,15H,3-8H2,1-2H3/t10-,11+/m1/s1. The minimum absolute atomic E-state index is 0.554. The molecule has 1 fully saturated rings. The molecule has 2 atom stereocenters. The molecule has 0 saturated heterocycles. The van der Waals surface area contributed by atoms with E-state index in [1.54, 1.807) is 0 Å². The van der Waals surface area contributed by atoms with Crippen LogP contribution in [0.2, 0.25) is 0 Å². The maximum atomic E-state index is 5.60. The topological polar surface area (TPSA) is 81.7 Å². The number of hydrogen-bond donors (Lipinski definition) is 1. The number of aromatic nitrogens is 5. The lowest BCUT2D eigenvalue weighted by Crippen LogP contribution is -2.27. The van der Waals surface area contributed by atoms with Gasteiger partial charge in [-0.25, -0.2) is 0 Å². The molecule has 0 unspecified atom stereocenters. The molecule has 21 heavy (non-hydrogen) atoms. The minimum Gasteiger partial charge on any atom is -0.425 e. The smallest absolute Gasteiger partial charge is 0.216 e. The second kappa shape index (κ2) is 6.34. The van der Waals surface area contributed by atoms with Crippen molar-refractivity contribution < 1.29 is 4.42 Å². The molecule has 1 N–H and O–H groups in total. The van der Waals surface area contributed by atoms with Crippen LogP contribution in [0.5, 0.6) is 0 Å². The predicted octanol–water partition coefficient (Wildman–Crippen LogP) is 1.26. The van der Waals surface area contributed by atoms with Crippen LogP contribution in [0.25, 0.3) is 0 Å². The van der Waals surface area contributed by atoms with E-state index in [2.05, 4.69) is 25.8 Å². The highest BCUT2D eigenvalue weighted by Crippen LogP contribution is 2.28. The van der Waals surface area contributed by atoms with Gasteiger partial charge in [-0.1, -0.05) is 12.1 Å². The average Bonchev–Trinajstić information content (AvgIpc) is 3.19. The molecule has 1 saturated carbocycles. The zero-order chi connectivity index (χ0) is 14.7. The first kappa shape index (κ1) is 14.2. The Morgan fingerprint density at radius 1 is 1.33 bits per heavy atom. The van der Waals surface area contributed by atoms with Gasteiger partial charge in [-0.05, 0) is 25.2 Å². The Hall–Kier alpha value is -1.76. The Kier molecular flexibility index (Phi) is 4.28. The molecule has 2 heterocycles. The van der Waals surface area contributed by atoms with Gasteiger partial charge in [0.25, 0.3) is 0 Å². The molecule has 0 radical (unpaired) electrons. The Labute approximate surface area is 124 Å². The first-order valence-corrected chi connectivity index (χ1v) is 7.62. The van der Waals surface area contributed by atoms with E-state index >= 15 is 0 Å². The van der Waals surface area contributed by atoms with Crippen LogP contribution < -0.4 is 5.32 Å². The van der Waals surface area contributed by atoms with E-state index < -0.39 is 0 Å². The number of aryl methyl sites for hydroxylation is 2. The van der Waals surface area contributed by atoms with E-state index in [0.29, 0.717) is 12.0 Å². The summed E-state index contributed by atoms with van der Waals surface area (Å²) in [6, 6.07) is 0.554. The molecule has 7 nitrogen and oxygen atoms in total. The molecule has 0 amide bonds. The lowest BCUT2D eigenvalue weighted by atomic mass is 10.0. The molecular weight excluding hydrogens is 268 g/mol. The molecule has 0 aliphatic heterocycles. The highest BCUT2D eigenvalue weighted by atomic mass is 16.4. The second-order valence-electron chi connectivity index (χ2n) is 5.75. The molecule has 7 heteroatoms. The SMILES string of the molecule is CCc1nnc(C[C@@H]2CC[C@H](NCc3cnnn3C)C2)o1. The largest absolute Gasteiger partial charge is 0.425 e. The summed E-state index contributed by atoms with van der Waals surface area (Å²) >= 11 is 0. The van der Waals surface area contributed by atoms with Crippen molar-refractivity contribution in [1.29, 1.82) is 0 Å². The van der Waals surface area contributed by atoms with Crippen LogP contribution in [0.4, 0.5) is 0 Å². The summed E-state index contributed by atoms with van der Waals surface area (Å²) in [5, 5.41) is 19.6. The van der Waals surface area contributed by atoms with E-state index in [9.17, 15) is 0 Å². The van der Waals surface area contributed by atoms with Crippen LogP contribution in [0.1, 0.15) is 43.7 Å². The molecule has 1 aliphatic carbocycles. The van der Waals surface area contributed by atoms with Crippen LogP contribution in [0.15, 0.2) is 10.6 Å². The number of rotatable bonds is 6. The van der Waals surface area contributed by atoms with Crippen molar-refractivity contribution >= 4 is 0 Å². The quantitative estimate of drug-likeness (QED) is 0.862. The number of nitrogens with one attached hydrogen (secondary N) is 1. The van der Waals surface area contributed by atoms with Crippen LogP contribution in [0, 0.1) is 5.92 Å². The molecule has 3 rings (SSSR count). The van der Waals surface area contributed by atoms with E-state index in [0.717, 1.165) is 43.3 Å². The minimum atomic E-state index is 0.554. The van der Waals surface area contributed by atoms with Gasteiger partial charge in [0, 0.05) is 32.5 Å². The molecule has 2 aromatic heterocycles. The van der Waals surface area contributed by atoms with Gasteiger partial charge in [0.1, 0.15) is 0 Å². The van der Waals surface area contributed by atoms with Gasteiger partial charge in [0.05, 0.1) is 11.9 Å². The molecule has 2 aromatic rings. The van der Waals surface area contributed by atoms with Crippen molar-refractivity contribution in [2.45, 2.75) is 51.6 Å². The van der Waals surface area contributed by atoms with Crippen molar-refractivity contribution in [1.82, 2.24) is 30.5 Å². The lowest BCUT2D eigenvalue weighted by molar-refractivity contribution is 0.402. The second-order valence-corrected chi connectivity index (χ2v) is 5.75. The summed E-state index contributed by atoms with van der Waals surface area (Å²) < 4.78 is 7.41. The zero-order valence-corrected chi connectivity index (χ0v) is 12.6. The van der Waals surface area contributed by atoms with Gasteiger partial charge in [0.15, 0.2) is 0 Å². The summed E-state index contributed by atoms with van der Waals surface area (Å²) in [5.41, 5.74) is 1.11. The third kappa shape index (κ3) is 3.47. The summed E-state index contributed by atoms with van der Waals surface area (Å²) in [7, 11) is 1.92. The van der Waals surface area contributed by atoms with E-state index in [-0.39, 0.29) is 0 Å². The molecule has 1 aliphatic rings. The zero-order valence-electron chi connectivity index (χ0n) is 12.6. The Balaban J connectivity index is 1.45. The Bertz CT molecular complexity index is 578. The maximum absolute atomic E-state index is 5.60. The van der Waals surface area contributed by atoms with Crippen molar-refractivity contribution in [2.75, 3.05) is 0 Å². The first-order valence-electron chi connectivity index (χ1n) is 7.62. The predicted molar refractivity (Wildman–Crippen MR) is 76.4 cm³/mol. The highest BCUT2D eigenvalue weighted by Gasteiger charge is 2.26. The third-order valence-electron chi connectivity index (χ3n) is 4.20. The summed E-state index contributed by atoms with van der Waals surface area (Å²) in [6.45, 7) is 2.85. The highest BCUT2D eigenvalue weighted by molar-refractivity contribution is 4.94. The van der Waals surface area contributed by atoms with Gasteiger partial charge in [-0.2, -0.15) is 0 Å². The fraction of sp³-hybridized carbons (Fsp3) is 0.714. The van der Waals surface area contributed by atoms with Crippen LogP contribution in [-0.4, -0.2) is 31.2 Å². The van der Waals surface area contributed by atoms with E-state index in [1.807, 2.05) is 24.9 Å². The number of nitrogens with zero attached hydrogens (tertiary/aromatic N) is 5. The van der Waals surface area contributed by atoms with E-state index in [1.165, 1.54) is 12.8 Å². The Morgan fingerprint density at radius 3 is 2.90 bits per heavy atom. The summed E-state index contributed by atoms with van der Waals surface area (Å²) in [5.74, 6) is 2.16. The van der Waals surface area contributed by atoms with Gasteiger partial charge in [-0.3, -0.25) is 4.68 Å². The Morgan fingerprint density at radius 2 is 2.19 bits per heavy atom. The van der Waals surface area contributed by atoms with Gasteiger partial charge in [0.2, 0.25) is 11.8 Å². The fourth-order valence-corrected chi connectivity index (χ4v) is 2.93. The van der Waals surface area contributed by atoms with Crippen LogP contribution >= 0.6 is 0 Å². The molecule has 0 bridgehead atoms. The van der Waals surface area contributed by atoms with Gasteiger partial charge < -0.3 is 9.73 Å². The van der Waals surface area contributed by atoms with Crippen molar-refractivity contribution in [3.05, 3.63) is 23.7 Å². The summed E-state index contributed by atoms with van der Waals surface area (Å²) in [4.78, 5) is 0. The molecular formula is C14H22N6O. The maximum Gasteiger partial charge on any atom is 0.216 e. The van der Waals surface area contributed by atoms with Crippen LogP contribution in [-0.2, 0) is 26.4 Å². The normalized spacial score (nSPS) is 22.0. The van der Waals surface area contributed by atoms with Crippen molar-refractivity contribution in [3.8, 4) is 0 Å². The van der Waals surface area contributed by atoms with E-state index in [4.69, 9.17) is 4.42 Å². The van der Waals surface area contributed by atoms with Gasteiger partial charge >= 0.3 is 0 Å². The molecule has 0 aromatic carbocycles. The summed E-state index contributed by atoms with van der Waals surface area (Å²) in [6.07, 6.45) is 7.09. The third-order valence-corrected chi connectivity index (χ3v) is 4.20. The monoisotopic (exact) mass is 290 g/mol. The van der Waals surface area contributed by atoms with Crippen LogP contribution in [0.3, 0.4) is 0 Å². The lowest BCUT2D eigenvalue weighted by Gasteiger charge is -2.12. The fourth-order valence-electron chi connectivity index (χ4n) is 2.93. The first-order chi connectivity index (χ1) is 10.2. The molecule has 114 valence electrons. The van der Waals surface area contributed by atoms with Crippen molar-refractivity contribution in [3.63, 3.8) is 0 Å². The van der Waals surface area contributed by atoms with Gasteiger partial charge in [-0.15, -0.1) is 15.3 Å². The average molecular weight is 290 g/mol.